The first kappa shape index (κ1) is 53.8. The molecule has 0 aliphatic heterocycles. The van der Waals surface area contributed by atoms with Gasteiger partial charge in [-0.3, -0.25) is 19.2 Å². The van der Waals surface area contributed by atoms with Crippen LogP contribution >= 0.6 is 0 Å². The highest BCUT2D eigenvalue weighted by Gasteiger charge is 2.29. The molecule has 4 aromatic rings. The molecule has 0 radical (unpaired) electrons. The molecule has 4 N–H and O–H groups in total. The van der Waals surface area contributed by atoms with Gasteiger partial charge in [-0.25, -0.2) is 0 Å². The van der Waals surface area contributed by atoms with Crippen LogP contribution < -0.4 is 0 Å². The van der Waals surface area contributed by atoms with Gasteiger partial charge in [-0.15, -0.1) is 0 Å². The fourth-order valence-electron chi connectivity index (χ4n) is 6.63. The van der Waals surface area contributed by atoms with Crippen LogP contribution in [0.2, 0.25) is 0 Å². The van der Waals surface area contributed by atoms with Gasteiger partial charge in [0.1, 0.15) is 34.6 Å². The number of carbonyl (C=O) groups excluding carboxylic acids is 4. The number of ketones is 4. The Labute approximate surface area is 387 Å². The number of carbonyl (C=O) groups is 4. The number of rotatable bonds is 29. The van der Waals surface area contributed by atoms with Gasteiger partial charge in [0.05, 0.1) is 66.1 Å². The molecule has 0 aliphatic rings. The standard InChI is InChI=1S/C52H66O14/c1-49(2,57)45(53)39-17-9-35(10-18-39)43(36-11-19-40(20-12-36)46(54)50(3,4)58)65-33-31-63-29-27-61-25-26-62-28-30-64-32-34-66-44(37-13-21-41(22-14-37)47(55)51(5,6)59)38-15-23-42(24-16-38)48(56)52(7,8)60/h9-24,43-44,57-60H,25-34H2,1-8H3. The summed E-state index contributed by atoms with van der Waals surface area (Å²) in [6, 6.07) is 27.2. The Hall–Kier alpha value is -4.84. The molecule has 0 amide bonds. The lowest BCUT2D eigenvalue weighted by Gasteiger charge is -2.21. The number of hydrogen-bond donors (Lipinski definition) is 4. The summed E-state index contributed by atoms with van der Waals surface area (Å²) in [7, 11) is 0. The minimum Gasteiger partial charge on any atom is -0.382 e. The number of aliphatic hydroxyl groups is 4. The Morgan fingerprint density at radius 3 is 0.667 bits per heavy atom. The van der Waals surface area contributed by atoms with Crippen LogP contribution in [0.25, 0.3) is 0 Å². The molecule has 0 saturated heterocycles. The van der Waals surface area contributed by atoms with Gasteiger partial charge < -0.3 is 48.8 Å². The minimum absolute atomic E-state index is 0.229. The summed E-state index contributed by atoms with van der Waals surface area (Å²) in [6.07, 6.45) is -1.11. The fourth-order valence-corrected chi connectivity index (χ4v) is 6.63. The van der Waals surface area contributed by atoms with Gasteiger partial charge in [-0.05, 0) is 77.6 Å². The fraction of sp³-hybridized carbons (Fsp3) is 0.462. The van der Waals surface area contributed by atoms with E-state index < -0.39 is 57.7 Å². The van der Waals surface area contributed by atoms with Crippen molar-refractivity contribution < 1.29 is 68.0 Å². The summed E-state index contributed by atoms with van der Waals surface area (Å²) >= 11 is 0. The van der Waals surface area contributed by atoms with Gasteiger partial charge in [-0.1, -0.05) is 97.1 Å². The van der Waals surface area contributed by atoms with Crippen LogP contribution in [0.1, 0.15) is 131 Å². The van der Waals surface area contributed by atoms with E-state index in [1.165, 1.54) is 55.4 Å². The minimum atomic E-state index is -1.52. The summed E-state index contributed by atoms with van der Waals surface area (Å²) in [5.74, 6) is -1.62. The summed E-state index contributed by atoms with van der Waals surface area (Å²) in [5, 5.41) is 40.7. The first-order chi connectivity index (χ1) is 31.0. The van der Waals surface area contributed by atoms with Gasteiger partial charge in [0.25, 0.3) is 0 Å². The van der Waals surface area contributed by atoms with E-state index in [1.54, 1.807) is 97.1 Å². The third kappa shape index (κ3) is 16.5. The van der Waals surface area contributed by atoms with Crippen molar-refractivity contribution in [1.82, 2.24) is 0 Å². The molecule has 66 heavy (non-hydrogen) atoms. The second-order valence-corrected chi connectivity index (χ2v) is 18.0. The molecule has 0 heterocycles. The van der Waals surface area contributed by atoms with E-state index in [9.17, 15) is 39.6 Å². The predicted molar refractivity (Wildman–Crippen MR) is 247 cm³/mol. The molecule has 14 heteroatoms. The van der Waals surface area contributed by atoms with Crippen LogP contribution in [0.15, 0.2) is 97.1 Å². The highest BCUT2D eigenvalue weighted by atomic mass is 16.6. The average molecular weight is 915 g/mol. The third-order valence-corrected chi connectivity index (χ3v) is 10.3. The van der Waals surface area contributed by atoms with Gasteiger partial charge in [-0.2, -0.15) is 0 Å². The van der Waals surface area contributed by atoms with Gasteiger partial charge in [0, 0.05) is 22.3 Å². The van der Waals surface area contributed by atoms with Crippen molar-refractivity contribution in [3.8, 4) is 0 Å². The van der Waals surface area contributed by atoms with Crippen molar-refractivity contribution in [1.29, 1.82) is 0 Å². The molecule has 4 rings (SSSR count). The second-order valence-electron chi connectivity index (χ2n) is 18.0. The molecular formula is C52H66O14. The van der Waals surface area contributed by atoms with Crippen LogP contribution in [0, 0.1) is 0 Å². The maximum atomic E-state index is 12.6. The lowest BCUT2D eigenvalue weighted by Crippen LogP contribution is -2.31. The van der Waals surface area contributed by atoms with E-state index in [1.807, 2.05) is 0 Å². The Bertz CT molecular complexity index is 1860. The Balaban J connectivity index is 1.16. The van der Waals surface area contributed by atoms with E-state index in [2.05, 4.69) is 0 Å². The predicted octanol–water partition coefficient (Wildman–Crippen LogP) is 6.48. The van der Waals surface area contributed by atoms with E-state index in [0.717, 1.165) is 22.3 Å². The zero-order valence-electron chi connectivity index (χ0n) is 39.3. The Morgan fingerprint density at radius 2 is 0.500 bits per heavy atom. The van der Waals surface area contributed by atoms with Crippen molar-refractivity contribution in [3.63, 3.8) is 0 Å². The van der Waals surface area contributed by atoms with Gasteiger partial charge in [0.15, 0.2) is 23.1 Å². The summed E-state index contributed by atoms with van der Waals surface area (Å²) in [5.41, 5.74) is -1.60. The van der Waals surface area contributed by atoms with Crippen LogP contribution in [-0.4, -0.2) is 132 Å². The van der Waals surface area contributed by atoms with E-state index in [-0.39, 0.29) is 26.4 Å². The molecule has 0 aromatic heterocycles. The van der Waals surface area contributed by atoms with Crippen molar-refractivity contribution in [2.24, 2.45) is 0 Å². The smallest absolute Gasteiger partial charge is 0.193 e. The molecule has 0 saturated carbocycles. The van der Waals surface area contributed by atoms with Crippen LogP contribution in [-0.2, 0) is 28.4 Å². The monoisotopic (exact) mass is 914 g/mol. The summed E-state index contributed by atoms with van der Waals surface area (Å²) in [6.45, 7) is 14.5. The van der Waals surface area contributed by atoms with Crippen molar-refractivity contribution >= 4 is 23.1 Å². The van der Waals surface area contributed by atoms with E-state index >= 15 is 0 Å². The maximum absolute atomic E-state index is 12.6. The van der Waals surface area contributed by atoms with Gasteiger partial charge in [0.2, 0.25) is 0 Å². The average Bonchev–Trinajstić information content (AvgIpc) is 3.27. The second kappa shape index (κ2) is 24.3. The zero-order valence-corrected chi connectivity index (χ0v) is 39.3. The van der Waals surface area contributed by atoms with Crippen LogP contribution in [0.4, 0.5) is 0 Å². The molecule has 0 aliphatic carbocycles. The molecule has 0 atom stereocenters. The number of Topliss-reactive ketones (excluding diaryl/α,β-unsaturated/α-hetero) is 4. The molecule has 0 unspecified atom stereocenters. The molecule has 4 aromatic carbocycles. The van der Waals surface area contributed by atoms with Gasteiger partial charge >= 0.3 is 0 Å². The molecular weight excluding hydrogens is 849 g/mol. The number of hydrogen-bond acceptors (Lipinski definition) is 14. The first-order valence-corrected chi connectivity index (χ1v) is 22.0. The van der Waals surface area contributed by atoms with Crippen molar-refractivity contribution in [3.05, 3.63) is 142 Å². The SMILES string of the molecule is CC(C)(O)C(=O)c1ccc(C(OCCOCCOCCOCCOCCOC(c2ccc(C(=O)C(C)(C)O)cc2)c2ccc(C(=O)C(C)(C)O)cc2)c2ccc(C(=O)C(C)(C)O)cc2)cc1. The molecule has 0 spiro atoms. The lowest BCUT2D eigenvalue weighted by atomic mass is 9.92. The zero-order chi connectivity index (χ0) is 48.7. The lowest BCUT2D eigenvalue weighted by molar-refractivity contribution is -0.0244. The largest absolute Gasteiger partial charge is 0.382 e. The molecule has 358 valence electrons. The van der Waals surface area contributed by atoms with Crippen LogP contribution in [0.3, 0.4) is 0 Å². The third-order valence-electron chi connectivity index (χ3n) is 10.3. The normalized spacial score (nSPS) is 12.5. The molecule has 0 fully saturated rings. The van der Waals surface area contributed by atoms with E-state index in [0.29, 0.717) is 61.9 Å². The highest BCUT2D eigenvalue weighted by molar-refractivity contribution is 6.03. The Morgan fingerprint density at radius 1 is 0.333 bits per heavy atom. The first-order valence-electron chi connectivity index (χ1n) is 22.0. The van der Waals surface area contributed by atoms with E-state index in [4.69, 9.17) is 28.4 Å². The molecule has 0 bridgehead atoms. The number of benzene rings is 4. The maximum Gasteiger partial charge on any atom is 0.193 e. The summed E-state index contributed by atoms with van der Waals surface area (Å²) < 4.78 is 35.2. The topological polar surface area (TPSA) is 205 Å². The highest BCUT2D eigenvalue weighted by Crippen LogP contribution is 2.30. The quantitative estimate of drug-likeness (QED) is 0.0340. The van der Waals surface area contributed by atoms with Crippen LogP contribution in [0.5, 0.6) is 0 Å². The molecule has 14 nitrogen and oxygen atoms in total. The summed E-state index contributed by atoms with van der Waals surface area (Å²) in [4.78, 5) is 50.4. The number of ether oxygens (including phenoxy) is 6. The van der Waals surface area contributed by atoms with Crippen molar-refractivity contribution in [2.75, 3.05) is 66.1 Å². The Kier molecular flexibility index (Phi) is 19.8. The van der Waals surface area contributed by atoms with Crippen molar-refractivity contribution in [2.45, 2.75) is 90.0 Å².